The topological polar surface area (TPSA) is 29.3 Å². The Bertz CT molecular complexity index is 402. The number of halogens is 2. The third-order valence-electron chi connectivity index (χ3n) is 4.06. The maximum Gasteiger partial charge on any atom is 0.0471 e. The molecule has 2 atom stereocenters. The summed E-state index contributed by atoms with van der Waals surface area (Å²) < 4.78 is 0. The number of benzene rings is 1. The SMILES string of the molecule is CCC1CCCN(C(CN)c2cc(Cl)cc(Cl)c2)C1. The van der Waals surface area contributed by atoms with Crippen LogP contribution >= 0.6 is 23.2 Å². The van der Waals surface area contributed by atoms with Gasteiger partial charge in [0.15, 0.2) is 0 Å². The van der Waals surface area contributed by atoms with E-state index < -0.39 is 0 Å². The van der Waals surface area contributed by atoms with Crippen LogP contribution < -0.4 is 5.73 Å². The first kappa shape index (κ1) is 15.1. The van der Waals surface area contributed by atoms with Crippen LogP contribution in [0.25, 0.3) is 0 Å². The molecule has 1 aliphatic heterocycles. The zero-order chi connectivity index (χ0) is 13.8. The average Bonchev–Trinajstić information content (AvgIpc) is 2.39. The standard InChI is InChI=1S/C15H22Cl2N2/c1-2-11-4-3-5-19(10-11)15(9-18)12-6-13(16)8-14(17)7-12/h6-8,11,15H,2-5,9-10,18H2,1H3. The van der Waals surface area contributed by atoms with E-state index in [2.05, 4.69) is 11.8 Å². The maximum atomic E-state index is 6.10. The van der Waals surface area contributed by atoms with Crippen molar-refractivity contribution in [2.75, 3.05) is 19.6 Å². The molecule has 1 saturated heterocycles. The van der Waals surface area contributed by atoms with Gasteiger partial charge in [-0.05, 0) is 49.1 Å². The second-order valence-corrected chi connectivity index (χ2v) is 6.24. The summed E-state index contributed by atoms with van der Waals surface area (Å²) in [4.78, 5) is 2.49. The van der Waals surface area contributed by atoms with Gasteiger partial charge in [-0.2, -0.15) is 0 Å². The van der Waals surface area contributed by atoms with Gasteiger partial charge < -0.3 is 5.73 Å². The number of nitrogens with zero attached hydrogens (tertiary/aromatic N) is 1. The van der Waals surface area contributed by atoms with Gasteiger partial charge in [0, 0.05) is 29.2 Å². The van der Waals surface area contributed by atoms with Crippen LogP contribution in [-0.4, -0.2) is 24.5 Å². The number of piperidine rings is 1. The number of hydrogen-bond acceptors (Lipinski definition) is 2. The van der Waals surface area contributed by atoms with Crippen molar-refractivity contribution in [1.29, 1.82) is 0 Å². The molecule has 0 radical (unpaired) electrons. The van der Waals surface area contributed by atoms with Gasteiger partial charge in [0.1, 0.15) is 0 Å². The molecule has 0 bridgehead atoms. The van der Waals surface area contributed by atoms with E-state index in [1.165, 1.54) is 19.3 Å². The normalized spacial score (nSPS) is 22.4. The maximum absolute atomic E-state index is 6.10. The highest BCUT2D eigenvalue weighted by Crippen LogP contribution is 2.30. The monoisotopic (exact) mass is 300 g/mol. The number of nitrogens with two attached hydrogens (primary N) is 1. The Kier molecular flexibility index (Phi) is 5.52. The smallest absolute Gasteiger partial charge is 0.0471 e. The van der Waals surface area contributed by atoms with Crippen molar-refractivity contribution in [2.24, 2.45) is 11.7 Å². The van der Waals surface area contributed by atoms with Crippen molar-refractivity contribution in [2.45, 2.75) is 32.2 Å². The summed E-state index contributed by atoms with van der Waals surface area (Å²) in [6, 6.07) is 5.97. The van der Waals surface area contributed by atoms with Gasteiger partial charge >= 0.3 is 0 Å². The summed E-state index contributed by atoms with van der Waals surface area (Å²) in [5, 5.41) is 1.37. The Morgan fingerprint density at radius 1 is 1.32 bits per heavy atom. The first-order valence-electron chi connectivity index (χ1n) is 7.04. The fraction of sp³-hybridized carbons (Fsp3) is 0.600. The van der Waals surface area contributed by atoms with Crippen LogP contribution in [0, 0.1) is 5.92 Å². The third kappa shape index (κ3) is 3.85. The Hall–Kier alpha value is -0.280. The van der Waals surface area contributed by atoms with E-state index in [1.807, 2.05) is 12.1 Å². The summed E-state index contributed by atoms with van der Waals surface area (Å²) in [6.07, 6.45) is 3.83. The first-order valence-corrected chi connectivity index (χ1v) is 7.79. The lowest BCUT2D eigenvalue weighted by molar-refractivity contribution is 0.124. The van der Waals surface area contributed by atoms with Gasteiger partial charge in [0.2, 0.25) is 0 Å². The fourth-order valence-electron chi connectivity index (χ4n) is 2.98. The fourth-order valence-corrected chi connectivity index (χ4v) is 3.52. The lowest BCUT2D eigenvalue weighted by atomic mass is 9.93. The van der Waals surface area contributed by atoms with E-state index in [1.54, 1.807) is 6.07 Å². The molecule has 1 aromatic carbocycles. The Labute approximate surface area is 125 Å². The molecule has 1 fully saturated rings. The van der Waals surface area contributed by atoms with E-state index in [9.17, 15) is 0 Å². The summed E-state index contributed by atoms with van der Waals surface area (Å²) in [5.41, 5.74) is 7.13. The zero-order valence-corrected chi connectivity index (χ0v) is 12.9. The van der Waals surface area contributed by atoms with Gasteiger partial charge in [-0.15, -0.1) is 0 Å². The van der Waals surface area contributed by atoms with Gasteiger partial charge in [0.25, 0.3) is 0 Å². The molecule has 1 aliphatic rings. The third-order valence-corrected chi connectivity index (χ3v) is 4.50. The Balaban J connectivity index is 2.18. The van der Waals surface area contributed by atoms with Gasteiger partial charge in [-0.25, -0.2) is 0 Å². The van der Waals surface area contributed by atoms with Crippen LogP contribution in [0.3, 0.4) is 0 Å². The molecular formula is C15H22Cl2N2. The van der Waals surface area contributed by atoms with Gasteiger partial charge in [-0.3, -0.25) is 4.90 Å². The molecule has 106 valence electrons. The highest BCUT2D eigenvalue weighted by Gasteiger charge is 2.25. The van der Waals surface area contributed by atoms with E-state index in [-0.39, 0.29) is 6.04 Å². The van der Waals surface area contributed by atoms with Crippen molar-refractivity contribution in [1.82, 2.24) is 4.90 Å². The van der Waals surface area contributed by atoms with Crippen LogP contribution in [0.2, 0.25) is 10.0 Å². The quantitative estimate of drug-likeness (QED) is 0.906. The second kappa shape index (κ2) is 6.94. The van der Waals surface area contributed by atoms with Crippen LogP contribution in [0.5, 0.6) is 0 Å². The van der Waals surface area contributed by atoms with Crippen LogP contribution in [0.4, 0.5) is 0 Å². The van der Waals surface area contributed by atoms with E-state index >= 15 is 0 Å². The molecule has 0 aliphatic carbocycles. The zero-order valence-electron chi connectivity index (χ0n) is 11.4. The first-order chi connectivity index (χ1) is 9.13. The summed E-state index contributed by atoms with van der Waals surface area (Å²) in [7, 11) is 0. The van der Waals surface area contributed by atoms with Crippen molar-refractivity contribution in [3.05, 3.63) is 33.8 Å². The predicted octanol–water partition coefficient (Wildman–Crippen LogP) is 4.12. The number of rotatable bonds is 4. The molecule has 0 amide bonds. The predicted molar refractivity (Wildman–Crippen MR) is 82.8 cm³/mol. The summed E-state index contributed by atoms with van der Waals surface area (Å²) in [5.74, 6) is 0.789. The molecule has 1 heterocycles. The second-order valence-electron chi connectivity index (χ2n) is 5.37. The van der Waals surface area contributed by atoms with Crippen molar-refractivity contribution < 1.29 is 0 Å². The minimum absolute atomic E-state index is 0.227. The van der Waals surface area contributed by atoms with Gasteiger partial charge in [0.05, 0.1) is 0 Å². The molecule has 0 aromatic heterocycles. The average molecular weight is 301 g/mol. The minimum Gasteiger partial charge on any atom is -0.329 e. The van der Waals surface area contributed by atoms with Crippen LogP contribution in [0.15, 0.2) is 18.2 Å². The van der Waals surface area contributed by atoms with Crippen molar-refractivity contribution >= 4 is 23.2 Å². The van der Waals surface area contributed by atoms with E-state index in [0.717, 1.165) is 24.6 Å². The van der Waals surface area contributed by atoms with E-state index in [0.29, 0.717) is 16.6 Å². The molecule has 2 rings (SSSR count). The molecule has 19 heavy (non-hydrogen) atoms. The molecular weight excluding hydrogens is 279 g/mol. The Morgan fingerprint density at radius 3 is 2.58 bits per heavy atom. The summed E-state index contributed by atoms with van der Waals surface area (Å²) >= 11 is 12.2. The minimum atomic E-state index is 0.227. The van der Waals surface area contributed by atoms with E-state index in [4.69, 9.17) is 28.9 Å². The Morgan fingerprint density at radius 2 is 2.00 bits per heavy atom. The molecule has 0 spiro atoms. The lowest BCUT2D eigenvalue weighted by Gasteiger charge is -2.38. The summed E-state index contributed by atoms with van der Waals surface area (Å²) in [6.45, 7) is 5.11. The molecule has 2 N–H and O–H groups in total. The van der Waals surface area contributed by atoms with Crippen LogP contribution in [0.1, 0.15) is 37.8 Å². The molecule has 2 nitrogen and oxygen atoms in total. The van der Waals surface area contributed by atoms with Crippen LogP contribution in [-0.2, 0) is 0 Å². The molecule has 1 aromatic rings. The molecule has 0 saturated carbocycles. The van der Waals surface area contributed by atoms with Crippen molar-refractivity contribution in [3.8, 4) is 0 Å². The van der Waals surface area contributed by atoms with Gasteiger partial charge in [-0.1, -0.05) is 36.5 Å². The largest absolute Gasteiger partial charge is 0.329 e. The van der Waals surface area contributed by atoms with Crippen molar-refractivity contribution in [3.63, 3.8) is 0 Å². The lowest BCUT2D eigenvalue weighted by Crippen LogP contribution is -2.41. The molecule has 2 unspecified atom stereocenters. The highest BCUT2D eigenvalue weighted by molar-refractivity contribution is 6.34. The number of likely N-dealkylation sites (tertiary alicyclic amines) is 1. The number of hydrogen-bond donors (Lipinski definition) is 1. The highest BCUT2D eigenvalue weighted by atomic mass is 35.5. The molecule has 4 heteroatoms.